The van der Waals surface area contributed by atoms with E-state index in [0.717, 1.165) is 22.3 Å². The van der Waals surface area contributed by atoms with Crippen LogP contribution in [0.2, 0.25) is 0 Å². The predicted octanol–water partition coefficient (Wildman–Crippen LogP) is 4.21. The summed E-state index contributed by atoms with van der Waals surface area (Å²) in [6.07, 6.45) is 0.803. The topological polar surface area (TPSA) is 98.8 Å². The zero-order valence-corrected chi connectivity index (χ0v) is 23.2. The Balaban J connectivity index is 1.36. The molecule has 1 spiro atoms. The van der Waals surface area contributed by atoms with Gasteiger partial charge < -0.3 is 15.1 Å². The number of benzene rings is 3. The van der Waals surface area contributed by atoms with E-state index in [1.165, 1.54) is 4.90 Å². The van der Waals surface area contributed by atoms with Crippen molar-refractivity contribution in [1.82, 2.24) is 15.1 Å². The van der Waals surface area contributed by atoms with Gasteiger partial charge in [0.25, 0.3) is 5.91 Å². The van der Waals surface area contributed by atoms with E-state index >= 15 is 0 Å². The number of likely N-dealkylation sites (N-methyl/N-ethyl adjacent to an activating group) is 1. The van der Waals surface area contributed by atoms with E-state index in [1.807, 2.05) is 93.6 Å². The molecule has 1 fully saturated rings. The van der Waals surface area contributed by atoms with E-state index < -0.39 is 17.0 Å². The zero-order chi connectivity index (χ0) is 28.7. The summed E-state index contributed by atoms with van der Waals surface area (Å²) in [5.41, 5.74) is 2.48. The van der Waals surface area contributed by atoms with Crippen LogP contribution in [0.15, 0.2) is 78.9 Å². The molecule has 1 aliphatic heterocycles. The van der Waals surface area contributed by atoms with Crippen LogP contribution < -0.4 is 10.6 Å². The number of carbonyl (C=O) groups excluding carboxylic acids is 4. The number of rotatable bonds is 7. The monoisotopic (exact) mass is 538 g/mol. The summed E-state index contributed by atoms with van der Waals surface area (Å²) >= 11 is 0. The molecule has 0 radical (unpaired) electrons. The Bertz CT molecular complexity index is 1470. The number of amides is 5. The molecule has 8 heteroatoms. The third kappa shape index (κ3) is 4.74. The van der Waals surface area contributed by atoms with Gasteiger partial charge >= 0.3 is 6.03 Å². The summed E-state index contributed by atoms with van der Waals surface area (Å²) in [7, 11) is 1.63. The lowest BCUT2D eigenvalue weighted by atomic mass is 9.82. The first-order chi connectivity index (χ1) is 19.0. The molecule has 1 heterocycles. The van der Waals surface area contributed by atoms with Crippen LogP contribution in [0.1, 0.15) is 49.1 Å². The Kier molecular flexibility index (Phi) is 6.96. The van der Waals surface area contributed by atoms with Gasteiger partial charge in [-0.1, -0.05) is 66.7 Å². The lowest BCUT2D eigenvalue weighted by Crippen LogP contribution is -2.48. The van der Waals surface area contributed by atoms with Gasteiger partial charge in [0.05, 0.1) is 11.5 Å². The average molecular weight is 539 g/mol. The Morgan fingerprint density at radius 1 is 0.975 bits per heavy atom. The highest BCUT2D eigenvalue weighted by Gasteiger charge is 2.54. The van der Waals surface area contributed by atoms with E-state index in [4.69, 9.17) is 0 Å². The molecule has 3 aromatic rings. The van der Waals surface area contributed by atoms with Crippen LogP contribution in [0.4, 0.5) is 10.5 Å². The normalized spacial score (nSPS) is 18.9. The number of imide groups is 1. The molecule has 0 bridgehead atoms. The number of fused-ring (bicyclic) bond motifs is 1. The molecule has 5 rings (SSSR count). The number of carbonyl (C=O) groups is 4. The molecule has 0 aromatic heterocycles. The SMILES string of the molecule is C[C@H](c1ccccc1)N(CC(=O)Nc1ccc2c(c1)C[C@@]1(C2)C(=O)NC(=O)N1C)C(=O)C(C)(C)c1ccccc1. The van der Waals surface area contributed by atoms with E-state index in [-0.39, 0.29) is 30.3 Å². The number of anilines is 1. The first kappa shape index (κ1) is 27.1. The van der Waals surface area contributed by atoms with Crippen LogP contribution in [-0.4, -0.2) is 52.7 Å². The van der Waals surface area contributed by atoms with E-state index in [9.17, 15) is 19.2 Å². The van der Waals surface area contributed by atoms with Gasteiger partial charge in [0.1, 0.15) is 12.1 Å². The predicted molar refractivity (Wildman–Crippen MR) is 153 cm³/mol. The molecule has 2 aliphatic rings. The van der Waals surface area contributed by atoms with Crippen molar-refractivity contribution in [3.8, 4) is 0 Å². The fourth-order valence-corrected chi connectivity index (χ4v) is 5.76. The molecule has 2 atom stereocenters. The lowest BCUT2D eigenvalue weighted by Gasteiger charge is -2.36. The average Bonchev–Trinajstić information content (AvgIpc) is 3.44. The minimum atomic E-state index is -0.931. The maximum atomic E-state index is 14.0. The largest absolute Gasteiger partial charge is 0.326 e. The van der Waals surface area contributed by atoms with Crippen LogP contribution in [0, 0.1) is 0 Å². The Labute approximate surface area is 234 Å². The minimum absolute atomic E-state index is 0.133. The van der Waals surface area contributed by atoms with Crippen LogP contribution in [0.3, 0.4) is 0 Å². The first-order valence-corrected chi connectivity index (χ1v) is 13.5. The maximum Gasteiger partial charge on any atom is 0.324 e. The quantitative estimate of drug-likeness (QED) is 0.440. The van der Waals surface area contributed by atoms with Crippen molar-refractivity contribution in [2.45, 2.75) is 50.6 Å². The van der Waals surface area contributed by atoms with Crippen molar-refractivity contribution in [2.24, 2.45) is 0 Å². The molecule has 1 aliphatic carbocycles. The molecule has 0 saturated carbocycles. The number of urea groups is 1. The van der Waals surface area contributed by atoms with Crippen molar-refractivity contribution in [1.29, 1.82) is 0 Å². The van der Waals surface area contributed by atoms with Crippen LogP contribution in [0.5, 0.6) is 0 Å². The van der Waals surface area contributed by atoms with E-state index in [1.54, 1.807) is 18.0 Å². The highest BCUT2D eigenvalue weighted by molar-refractivity contribution is 6.07. The molecule has 5 amide bonds. The third-order valence-corrected chi connectivity index (χ3v) is 8.40. The molecule has 8 nitrogen and oxygen atoms in total. The van der Waals surface area contributed by atoms with E-state index in [2.05, 4.69) is 10.6 Å². The second-order valence-corrected chi connectivity index (χ2v) is 11.2. The summed E-state index contributed by atoms with van der Waals surface area (Å²) in [4.78, 5) is 55.2. The summed E-state index contributed by atoms with van der Waals surface area (Å²) < 4.78 is 0. The maximum absolute atomic E-state index is 14.0. The van der Waals surface area contributed by atoms with Crippen molar-refractivity contribution in [2.75, 3.05) is 18.9 Å². The number of hydrogen-bond acceptors (Lipinski definition) is 4. The van der Waals surface area contributed by atoms with Crippen molar-refractivity contribution < 1.29 is 19.2 Å². The van der Waals surface area contributed by atoms with Gasteiger partial charge in [0, 0.05) is 25.6 Å². The lowest BCUT2D eigenvalue weighted by molar-refractivity contribution is -0.141. The molecule has 206 valence electrons. The van der Waals surface area contributed by atoms with E-state index in [0.29, 0.717) is 18.5 Å². The van der Waals surface area contributed by atoms with Crippen molar-refractivity contribution in [3.05, 3.63) is 101 Å². The van der Waals surface area contributed by atoms with Gasteiger partial charge in [0.2, 0.25) is 11.8 Å². The summed E-state index contributed by atoms with van der Waals surface area (Å²) in [6, 6.07) is 24.0. The molecule has 40 heavy (non-hydrogen) atoms. The molecule has 3 aromatic carbocycles. The molecule has 0 unspecified atom stereocenters. The highest BCUT2D eigenvalue weighted by Crippen LogP contribution is 2.38. The van der Waals surface area contributed by atoms with Gasteiger partial charge in [-0.25, -0.2) is 4.79 Å². The fraction of sp³-hybridized carbons (Fsp3) is 0.312. The van der Waals surface area contributed by atoms with Gasteiger partial charge in [-0.2, -0.15) is 0 Å². The first-order valence-electron chi connectivity index (χ1n) is 13.5. The Hall–Kier alpha value is -4.46. The second-order valence-electron chi connectivity index (χ2n) is 11.2. The second kappa shape index (κ2) is 10.3. The van der Waals surface area contributed by atoms with Gasteiger partial charge in [-0.3, -0.25) is 19.7 Å². The van der Waals surface area contributed by atoms with Gasteiger partial charge in [-0.05, 0) is 55.2 Å². The number of hydrogen-bond donors (Lipinski definition) is 2. The number of nitrogens with one attached hydrogen (secondary N) is 2. The van der Waals surface area contributed by atoms with Gasteiger partial charge in [-0.15, -0.1) is 0 Å². The van der Waals surface area contributed by atoms with Crippen LogP contribution in [0.25, 0.3) is 0 Å². The third-order valence-electron chi connectivity index (χ3n) is 8.40. The minimum Gasteiger partial charge on any atom is -0.326 e. The molecule has 1 saturated heterocycles. The zero-order valence-electron chi connectivity index (χ0n) is 23.2. The highest BCUT2D eigenvalue weighted by atomic mass is 16.2. The molecular formula is C32H34N4O4. The molecular weight excluding hydrogens is 504 g/mol. The summed E-state index contributed by atoms with van der Waals surface area (Å²) in [5, 5.41) is 5.35. The van der Waals surface area contributed by atoms with Crippen molar-refractivity contribution in [3.63, 3.8) is 0 Å². The smallest absolute Gasteiger partial charge is 0.324 e. The van der Waals surface area contributed by atoms with Crippen LogP contribution >= 0.6 is 0 Å². The van der Waals surface area contributed by atoms with Crippen molar-refractivity contribution >= 4 is 29.4 Å². The number of nitrogens with zero attached hydrogens (tertiary/aromatic N) is 2. The van der Waals surface area contributed by atoms with Crippen LogP contribution in [-0.2, 0) is 32.6 Å². The standard InChI is InChI=1S/C32H34N4O4/c1-21(22-11-7-5-8-12-22)36(29(39)31(2,3)25-13-9-6-10-14-25)20-27(37)33-26-16-15-23-18-32(19-24(23)17-26)28(38)34-30(40)35(32)4/h5-17,21H,18-20H2,1-4H3,(H,33,37)(H,34,38,40)/t21-,32+/m1/s1. The summed E-state index contributed by atoms with van der Waals surface area (Å²) in [6.45, 7) is 5.56. The Morgan fingerprint density at radius 2 is 1.60 bits per heavy atom. The summed E-state index contributed by atoms with van der Waals surface area (Å²) in [5.74, 6) is -0.772. The fourth-order valence-electron chi connectivity index (χ4n) is 5.76. The molecule has 2 N–H and O–H groups in total. The Morgan fingerprint density at radius 3 is 2.23 bits per heavy atom. The van der Waals surface area contributed by atoms with Gasteiger partial charge in [0.15, 0.2) is 0 Å².